The van der Waals surface area contributed by atoms with Crippen molar-refractivity contribution in [3.8, 4) is 0 Å². The van der Waals surface area contributed by atoms with Gasteiger partial charge in [0.05, 0.1) is 5.56 Å². The average Bonchev–Trinajstić information content (AvgIpc) is 2.67. The second kappa shape index (κ2) is 6.12. The van der Waals surface area contributed by atoms with Crippen molar-refractivity contribution in [3.63, 3.8) is 0 Å². The normalized spacial score (nSPS) is 11.0. The molecule has 0 unspecified atom stereocenters. The van der Waals surface area contributed by atoms with Gasteiger partial charge in [-0.05, 0) is 46.2 Å². The maximum Gasteiger partial charge on any atom is 0.336 e. The Kier molecular flexibility index (Phi) is 3.77. The molecule has 0 aliphatic carbocycles. The summed E-state index contributed by atoms with van der Waals surface area (Å²) in [6.45, 7) is 1.90. The molecule has 0 bridgehead atoms. The molecule has 0 aliphatic heterocycles. The number of hydrogen-bond donors (Lipinski definition) is 1. The van der Waals surface area contributed by atoms with Crippen LogP contribution in [0.3, 0.4) is 0 Å². The second-order valence-corrected chi connectivity index (χ2v) is 6.34. The molecule has 4 aromatic rings. The highest BCUT2D eigenvalue weighted by atomic mass is 16.4. The quantitative estimate of drug-likeness (QED) is 0.520. The van der Waals surface area contributed by atoms with Gasteiger partial charge < -0.3 is 5.11 Å². The van der Waals surface area contributed by atoms with Gasteiger partial charge in [-0.25, -0.2) is 4.79 Å². The third kappa shape index (κ3) is 2.54. The van der Waals surface area contributed by atoms with E-state index in [2.05, 4.69) is 0 Å². The Bertz CT molecular complexity index is 1190. The van der Waals surface area contributed by atoms with Crippen LogP contribution in [-0.4, -0.2) is 16.9 Å². The van der Waals surface area contributed by atoms with Gasteiger partial charge in [-0.3, -0.25) is 4.79 Å². The number of hydrogen-bond acceptors (Lipinski definition) is 2. The minimum Gasteiger partial charge on any atom is -0.478 e. The molecule has 4 rings (SSSR count). The predicted molar refractivity (Wildman–Crippen MR) is 103 cm³/mol. The molecule has 126 valence electrons. The standard InChI is InChI=1S/C23H16O3/c1-14-18-9-5-4-6-15(18)10-11-19(14)22(24)20-12-16-7-2-3-8-17(16)13-21(20)23(25)26/h2-13H,1H3,(H,25,26). The van der Waals surface area contributed by atoms with Gasteiger partial charge >= 0.3 is 5.97 Å². The molecule has 0 amide bonds. The van der Waals surface area contributed by atoms with Crippen LogP contribution in [-0.2, 0) is 0 Å². The minimum atomic E-state index is -1.10. The van der Waals surface area contributed by atoms with Crippen LogP contribution in [0.2, 0.25) is 0 Å². The van der Waals surface area contributed by atoms with Crippen LogP contribution in [0.15, 0.2) is 72.8 Å². The van der Waals surface area contributed by atoms with Crippen molar-refractivity contribution < 1.29 is 14.7 Å². The number of carbonyl (C=O) groups is 2. The molecule has 0 spiro atoms. The van der Waals surface area contributed by atoms with Crippen molar-refractivity contribution in [1.29, 1.82) is 0 Å². The fraction of sp³-hybridized carbons (Fsp3) is 0.0435. The first-order valence-corrected chi connectivity index (χ1v) is 8.35. The van der Waals surface area contributed by atoms with Crippen LogP contribution in [0.1, 0.15) is 31.8 Å². The lowest BCUT2D eigenvalue weighted by Gasteiger charge is -2.12. The van der Waals surface area contributed by atoms with Crippen molar-refractivity contribution in [2.45, 2.75) is 6.92 Å². The highest BCUT2D eigenvalue weighted by Crippen LogP contribution is 2.27. The van der Waals surface area contributed by atoms with Gasteiger partial charge in [-0.15, -0.1) is 0 Å². The third-order valence-electron chi connectivity index (χ3n) is 4.80. The molecule has 3 nitrogen and oxygen atoms in total. The Morgan fingerprint density at radius 3 is 1.92 bits per heavy atom. The topological polar surface area (TPSA) is 54.4 Å². The number of ketones is 1. The molecular formula is C23H16O3. The molecule has 0 fully saturated rings. The second-order valence-electron chi connectivity index (χ2n) is 6.34. The smallest absolute Gasteiger partial charge is 0.336 e. The number of carbonyl (C=O) groups excluding carboxylic acids is 1. The van der Waals surface area contributed by atoms with Crippen molar-refractivity contribution in [2.75, 3.05) is 0 Å². The van der Waals surface area contributed by atoms with Crippen LogP contribution in [0, 0.1) is 6.92 Å². The fourth-order valence-electron chi connectivity index (χ4n) is 3.42. The highest BCUT2D eigenvalue weighted by Gasteiger charge is 2.21. The van der Waals surface area contributed by atoms with Gasteiger partial charge in [-0.1, -0.05) is 60.7 Å². The Labute approximate surface area is 150 Å². The van der Waals surface area contributed by atoms with Gasteiger partial charge in [-0.2, -0.15) is 0 Å². The molecule has 1 N–H and O–H groups in total. The van der Waals surface area contributed by atoms with Crippen molar-refractivity contribution >= 4 is 33.3 Å². The van der Waals surface area contributed by atoms with Gasteiger partial charge in [0.1, 0.15) is 0 Å². The van der Waals surface area contributed by atoms with Crippen LogP contribution < -0.4 is 0 Å². The lowest BCUT2D eigenvalue weighted by Crippen LogP contribution is -2.11. The summed E-state index contributed by atoms with van der Waals surface area (Å²) in [5, 5.41) is 13.3. The van der Waals surface area contributed by atoms with Crippen molar-refractivity contribution in [1.82, 2.24) is 0 Å². The van der Waals surface area contributed by atoms with Gasteiger partial charge in [0.15, 0.2) is 5.78 Å². The summed E-state index contributed by atoms with van der Waals surface area (Å²) in [5.74, 6) is -1.37. The number of carboxylic acids is 1. The summed E-state index contributed by atoms with van der Waals surface area (Å²) in [6, 6.07) is 22.2. The molecule has 0 aliphatic rings. The molecule has 3 heteroatoms. The number of aryl methyl sites for hydroxylation is 1. The maximum absolute atomic E-state index is 13.2. The highest BCUT2D eigenvalue weighted by molar-refractivity contribution is 6.18. The van der Waals surface area contributed by atoms with E-state index in [4.69, 9.17) is 0 Å². The van der Waals surface area contributed by atoms with Gasteiger partial charge in [0.2, 0.25) is 0 Å². The lowest BCUT2D eigenvalue weighted by atomic mass is 9.91. The average molecular weight is 340 g/mol. The number of aromatic carboxylic acids is 1. The molecule has 4 aromatic carbocycles. The van der Waals surface area contributed by atoms with E-state index in [-0.39, 0.29) is 16.9 Å². The first-order chi connectivity index (χ1) is 12.6. The van der Waals surface area contributed by atoms with E-state index < -0.39 is 5.97 Å². The number of rotatable bonds is 3. The zero-order chi connectivity index (χ0) is 18.3. The zero-order valence-electron chi connectivity index (χ0n) is 14.2. The summed E-state index contributed by atoms with van der Waals surface area (Å²) in [6.07, 6.45) is 0. The summed E-state index contributed by atoms with van der Waals surface area (Å²) in [7, 11) is 0. The van der Waals surface area contributed by atoms with Crippen LogP contribution in [0.25, 0.3) is 21.5 Å². The van der Waals surface area contributed by atoms with E-state index in [0.29, 0.717) is 5.56 Å². The molecule has 0 saturated carbocycles. The van der Waals surface area contributed by atoms with E-state index in [9.17, 15) is 14.7 Å². The number of fused-ring (bicyclic) bond motifs is 2. The number of carboxylic acid groups (broad SMARTS) is 1. The van der Waals surface area contributed by atoms with E-state index >= 15 is 0 Å². The molecule has 0 saturated heterocycles. The Hall–Kier alpha value is -3.46. The molecule has 0 aromatic heterocycles. The lowest BCUT2D eigenvalue weighted by molar-refractivity contribution is 0.0693. The SMILES string of the molecule is Cc1c(C(=O)c2cc3ccccc3cc2C(=O)O)ccc2ccccc12. The summed E-state index contributed by atoms with van der Waals surface area (Å²) in [5.41, 5.74) is 1.63. The zero-order valence-corrected chi connectivity index (χ0v) is 14.2. The van der Waals surface area contributed by atoms with Crippen LogP contribution >= 0.6 is 0 Å². The number of benzene rings is 4. The van der Waals surface area contributed by atoms with Crippen molar-refractivity contribution in [2.24, 2.45) is 0 Å². The summed E-state index contributed by atoms with van der Waals surface area (Å²) < 4.78 is 0. The predicted octanol–water partition coefficient (Wildman–Crippen LogP) is 5.23. The largest absolute Gasteiger partial charge is 0.478 e. The van der Waals surface area contributed by atoms with E-state index in [1.165, 1.54) is 0 Å². The van der Waals surface area contributed by atoms with E-state index in [1.54, 1.807) is 18.2 Å². The van der Waals surface area contributed by atoms with Crippen molar-refractivity contribution in [3.05, 3.63) is 95.1 Å². The third-order valence-corrected chi connectivity index (χ3v) is 4.80. The molecule has 0 radical (unpaired) electrons. The monoisotopic (exact) mass is 340 g/mol. The molecule has 26 heavy (non-hydrogen) atoms. The Morgan fingerprint density at radius 1 is 0.692 bits per heavy atom. The van der Waals surface area contributed by atoms with Crippen LogP contribution in [0.5, 0.6) is 0 Å². The van der Waals surface area contributed by atoms with E-state index in [0.717, 1.165) is 27.1 Å². The van der Waals surface area contributed by atoms with Gasteiger partial charge in [0, 0.05) is 11.1 Å². The first kappa shape index (κ1) is 16.0. The fourth-order valence-corrected chi connectivity index (χ4v) is 3.42. The Morgan fingerprint density at radius 2 is 1.27 bits per heavy atom. The summed E-state index contributed by atoms with van der Waals surface area (Å²) >= 11 is 0. The maximum atomic E-state index is 13.2. The van der Waals surface area contributed by atoms with E-state index in [1.807, 2.05) is 61.5 Å². The first-order valence-electron chi connectivity index (χ1n) is 8.35. The molecule has 0 atom stereocenters. The molecule has 0 heterocycles. The minimum absolute atomic E-state index is 0.0289. The van der Waals surface area contributed by atoms with Crippen LogP contribution in [0.4, 0.5) is 0 Å². The summed E-state index contributed by atoms with van der Waals surface area (Å²) in [4.78, 5) is 25.0. The Balaban J connectivity index is 1.95. The van der Waals surface area contributed by atoms with Gasteiger partial charge in [0.25, 0.3) is 0 Å². The molecular weight excluding hydrogens is 324 g/mol.